The fraction of sp³-hybridized carbons (Fsp3) is 0.632. The zero-order valence-electron chi connectivity index (χ0n) is 13.5. The van der Waals surface area contributed by atoms with Crippen molar-refractivity contribution in [2.24, 2.45) is 17.8 Å². The zero-order valence-corrected chi connectivity index (χ0v) is 14.3. The van der Waals surface area contributed by atoms with Gasteiger partial charge in [-0.25, -0.2) is 0 Å². The average molecular weight is 328 g/mol. The Bertz CT molecular complexity index is 755. The highest BCUT2D eigenvalue weighted by molar-refractivity contribution is 7.16. The van der Waals surface area contributed by atoms with Crippen LogP contribution >= 0.6 is 11.3 Å². The van der Waals surface area contributed by atoms with Gasteiger partial charge in [0.2, 0.25) is 0 Å². The van der Waals surface area contributed by atoms with Gasteiger partial charge in [-0.2, -0.15) is 0 Å². The van der Waals surface area contributed by atoms with Gasteiger partial charge in [0, 0.05) is 18.6 Å². The maximum atomic E-state index is 12.2. The van der Waals surface area contributed by atoms with Gasteiger partial charge < -0.3 is 5.32 Å². The standard InChI is InChI=1S/C19H24N2OS/c22-18-21(16-3-1-2-4-17(16)23-18)6-5-20-19-10-13-7-14(11-19)9-15(8-13)12-19/h1-4,13-15,20H,5-12H2. The lowest BCUT2D eigenvalue weighted by Gasteiger charge is -2.57. The molecule has 1 aromatic carbocycles. The molecule has 1 aromatic heterocycles. The molecule has 0 amide bonds. The van der Waals surface area contributed by atoms with E-state index >= 15 is 0 Å². The molecule has 0 spiro atoms. The van der Waals surface area contributed by atoms with Crippen LogP contribution in [-0.4, -0.2) is 16.7 Å². The summed E-state index contributed by atoms with van der Waals surface area (Å²) in [6.07, 6.45) is 8.56. The molecule has 4 heteroatoms. The lowest BCUT2D eigenvalue weighted by atomic mass is 9.53. The maximum absolute atomic E-state index is 12.2. The van der Waals surface area contributed by atoms with E-state index in [9.17, 15) is 4.79 Å². The Balaban J connectivity index is 1.32. The predicted molar refractivity (Wildman–Crippen MR) is 95.0 cm³/mol. The summed E-state index contributed by atoms with van der Waals surface area (Å²) in [5.74, 6) is 2.91. The van der Waals surface area contributed by atoms with Crippen LogP contribution in [0.3, 0.4) is 0 Å². The molecule has 4 aliphatic carbocycles. The number of rotatable bonds is 4. The number of nitrogens with zero attached hydrogens (tertiary/aromatic N) is 1. The third-order valence-corrected chi connectivity index (χ3v) is 7.41. The molecule has 4 bridgehead atoms. The molecule has 6 rings (SSSR count). The summed E-state index contributed by atoms with van der Waals surface area (Å²) in [5.41, 5.74) is 1.49. The molecule has 0 atom stereocenters. The van der Waals surface area contributed by atoms with Crippen LogP contribution in [0.25, 0.3) is 10.2 Å². The van der Waals surface area contributed by atoms with E-state index < -0.39 is 0 Å². The first-order chi connectivity index (χ1) is 11.2. The molecule has 4 fully saturated rings. The number of para-hydroxylation sites is 1. The van der Waals surface area contributed by atoms with Gasteiger partial charge in [-0.05, 0) is 68.4 Å². The molecular weight excluding hydrogens is 304 g/mol. The molecule has 23 heavy (non-hydrogen) atoms. The van der Waals surface area contributed by atoms with Gasteiger partial charge in [-0.15, -0.1) is 0 Å². The number of hydrogen-bond donors (Lipinski definition) is 1. The second-order valence-electron chi connectivity index (χ2n) is 8.11. The summed E-state index contributed by atoms with van der Waals surface area (Å²) in [6, 6.07) is 8.15. The molecule has 0 unspecified atom stereocenters. The van der Waals surface area contributed by atoms with E-state index in [1.54, 1.807) is 0 Å². The highest BCUT2D eigenvalue weighted by atomic mass is 32.1. The second kappa shape index (κ2) is 5.18. The number of hydrogen-bond acceptors (Lipinski definition) is 3. The molecule has 0 radical (unpaired) electrons. The number of thiazole rings is 1. The van der Waals surface area contributed by atoms with Gasteiger partial charge in [-0.3, -0.25) is 9.36 Å². The molecule has 3 nitrogen and oxygen atoms in total. The molecule has 4 aliphatic rings. The maximum Gasteiger partial charge on any atom is 0.308 e. The van der Waals surface area contributed by atoms with Gasteiger partial charge in [0.05, 0.1) is 10.2 Å². The zero-order chi connectivity index (χ0) is 15.4. The molecule has 1 N–H and O–H groups in total. The second-order valence-corrected chi connectivity index (χ2v) is 9.11. The summed E-state index contributed by atoms with van der Waals surface area (Å²) < 4.78 is 3.06. The van der Waals surface area contributed by atoms with Crippen molar-refractivity contribution in [2.75, 3.05) is 6.54 Å². The predicted octanol–water partition coefficient (Wildman–Crippen LogP) is 3.62. The van der Waals surface area contributed by atoms with Crippen LogP contribution in [0.15, 0.2) is 29.1 Å². The summed E-state index contributed by atoms with van der Waals surface area (Å²) >= 11 is 1.37. The molecule has 1 heterocycles. The van der Waals surface area contributed by atoms with Crippen molar-refractivity contribution in [3.8, 4) is 0 Å². The highest BCUT2D eigenvalue weighted by Gasteiger charge is 2.50. The number of aromatic nitrogens is 1. The van der Waals surface area contributed by atoms with E-state index in [4.69, 9.17) is 0 Å². The molecule has 0 saturated heterocycles. The first-order valence-corrected chi connectivity index (χ1v) is 9.86. The Morgan fingerprint density at radius 3 is 2.43 bits per heavy atom. The van der Waals surface area contributed by atoms with Gasteiger partial charge in [0.15, 0.2) is 0 Å². The van der Waals surface area contributed by atoms with Crippen LogP contribution in [0, 0.1) is 17.8 Å². The number of nitrogens with one attached hydrogen (secondary N) is 1. The lowest BCUT2D eigenvalue weighted by Crippen LogP contribution is -2.58. The summed E-state index contributed by atoms with van der Waals surface area (Å²) in [7, 11) is 0. The van der Waals surface area contributed by atoms with Crippen molar-refractivity contribution in [2.45, 2.75) is 50.6 Å². The minimum atomic E-state index is 0.179. The number of benzene rings is 1. The van der Waals surface area contributed by atoms with E-state index in [0.29, 0.717) is 5.54 Å². The van der Waals surface area contributed by atoms with E-state index in [0.717, 1.165) is 41.1 Å². The SMILES string of the molecule is O=c1sc2ccccc2n1CCNC12CC3CC(CC(C3)C1)C2. The third kappa shape index (κ3) is 2.38. The van der Waals surface area contributed by atoms with Gasteiger partial charge in [-0.1, -0.05) is 23.5 Å². The molecule has 0 aliphatic heterocycles. The Labute approximate surface area is 140 Å². The normalized spacial score (nSPS) is 35.2. The molecule has 2 aromatic rings. The summed E-state index contributed by atoms with van der Waals surface area (Å²) in [4.78, 5) is 12.4. The Hall–Kier alpha value is -1.13. The van der Waals surface area contributed by atoms with Crippen LogP contribution in [-0.2, 0) is 6.54 Å². The van der Waals surface area contributed by atoms with Crippen molar-refractivity contribution in [1.82, 2.24) is 9.88 Å². The average Bonchev–Trinajstić information content (AvgIpc) is 2.82. The summed E-state index contributed by atoms with van der Waals surface area (Å²) in [6.45, 7) is 1.72. The largest absolute Gasteiger partial charge is 0.309 e. The minimum Gasteiger partial charge on any atom is -0.309 e. The van der Waals surface area contributed by atoms with E-state index in [1.165, 1.54) is 49.9 Å². The third-order valence-electron chi connectivity index (χ3n) is 6.45. The lowest BCUT2D eigenvalue weighted by molar-refractivity contribution is -0.0197. The van der Waals surface area contributed by atoms with Crippen molar-refractivity contribution < 1.29 is 0 Å². The van der Waals surface area contributed by atoms with Crippen LogP contribution in [0.1, 0.15) is 38.5 Å². The van der Waals surface area contributed by atoms with E-state index in [1.807, 2.05) is 22.8 Å². The Kier molecular flexibility index (Phi) is 3.21. The van der Waals surface area contributed by atoms with Crippen molar-refractivity contribution in [3.63, 3.8) is 0 Å². The first-order valence-electron chi connectivity index (χ1n) is 9.04. The van der Waals surface area contributed by atoms with Crippen LogP contribution in [0.4, 0.5) is 0 Å². The van der Waals surface area contributed by atoms with Gasteiger partial charge >= 0.3 is 4.87 Å². The van der Waals surface area contributed by atoms with Crippen LogP contribution < -0.4 is 10.2 Å². The highest BCUT2D eigenvalue weighted by Crippen LogP contribution is 2.55. The van der Waals surface area contributed by atoms with E-state index in [2.05, 4.69) is 11.4 Å². The smallest absolute Gasteiger partial charge is 0.308 e. The van der Waals surface area contributed by atoms with Gasteiger partial charge in [0.1, 0.15) is 0 Å². The minimum absolute atomic E-state index is 0.179. The molecular formula is C19H24N2OS. The Morgan fingerprint density at radius 2 is 1.74 bits per heavy atom. The fourth-order valence-corrected chi connectivity index (χ4v) is 6.90. The first kappa shape index (κ1) is 14.2. The molecule has 4 saturated carbocycles. The monoisotopic (exact) mass is 328 g/mol. The van der Waals surface area contributed by atoms with E-state index in [-0.39, 0.29) is 4.87 Å². The van der Waals surface area contributed by atoms with Crippen molar-refractivity contribution in [3.05, 3.63) is 33.9 Å². The van der Waals surface area contributed by atoms with Crippen LogP contribution in [0.2, 0.25) is 0 Å². The number of fused-ring (bicyclic) bond motifs is 1. The fourth-order valence-electron chi connectivity index (χ4n) is 5.99. The van der Waals surface area contributed by atoms with Crippen molar-refractivity contribution in [1.29, 1.82) is 0 Å². The quantitative estimate of drug-likeness (QED) is 0.930. The van der Waals surface area contributed by atoms with Crippen molar-refractivity contribution >= 4 is 21.6 Å². The Morgan fingerprint density at radius 1 is 1.09 bits per heavy atom. The van der Waals surface area contributed by atoms with Gasteiger partial charge in [0.25, 0.3) is 0 Å². The summed E-state index contributed by atoms with van der Waals surface area (Å²) in [5, 5.41) is 3.90. The topological polar surface area (TPSA) is 34.0 Å². The van der Waals surface area contributed by atoms with Crippen LogP contribution in [0.5, 0.6) is 0 Å². The molecule has 122 valence electrons.